The summed E-state index contributed by atoms with van der Waals surface area (Å²) < 4.78 is 73.3. The Bertz CT molecular complexity index is 1430. The van der Waals surface area contributed by atoms with Crippen LogP contribution in [-0.4, -0.2) is 245 Å². The third-order valence-electron chi connectivity index (χ3n) is 9.17. The van der Waals surface area contributed by atoms with Crippen LogP contribution in [0.15, 0.2) is 12.3 Å². The van der Waals surface area contributed by atoms with Crippen LogP contribution < -0.4 is 0 Å². The van der Waals surface area contributed by atoms with Crippen LogP contribution in [0, 0.1) is 10.8 Å². The second-order valence-corrected chi connectivity index (χ2v) is 17.2. The van der Waals surface area contributed by atoms with Crippen molar-refractivity contribution in [1.29, 1.82) is 0 Å². The molecule has 27 nitrogen and oxygen atoms in total. The molecule has 0 unspecified atom stereocenters. The molecule has 446 valence electrons. The van der Waals surface area contributed by atoms with E-state index in [1.54, 1.807) is 0 Å². The molecular weight excluding hydrogens is 1030 g/mol. The first-order valence-corrected chi connectivity index (χ1v) is 24.9. The molecule has 2 saturated heterocycles. The Balaban J connectivity index is 0. The Hall–Kier alpha value is -4.75. The van der Waals surface area contributed by atoms with Gasteiger partial charge in [0.1, 0.15) is 87.4 Å². The molecule has 0 aromatic heterocycles. The number of aliphatic hydroxyl groups is 4. The van der Waals surface area contributed by atoms with Gasteiger partial charge in [0.05, 0.1) is 143 Å². The van der Waals surface area contributed by atoms with Crippen LogP contribution in [0.1, 0.15) is 72.6 Å². The maximum absolute atomic E-state index is 11.6. The zero-order valence-corrected chi connectivity index (χ0v) is 45.2. The first kappa shape index (κ1) is 74.3. The molecule has 0 atom stereocenters. The maximum atomic E-state index is 11.6. The van der Waals surface area contributed by atoms with E-state index in [2.05, 4.69) is 11.3 Å². The molecule has 0 aliphatic carbocycles. The molecule has 27 heteroatoms. The van der Waals surface area contributed by atoms with E-state index in [1.165, 1.54) is 40.5 Å². The van der Waals surface area contributed by atoms with E-state index < -0.39 is 34.7 Å². The number of aliphatic hydroxyl groups excluding tert-OH is 4. The van der Waals surface area contributed by atoms with Crippen molar-refractivity contribution in [2.75, 3.05) is 172 Å². The molecule has 2 aliphatic heterocycles. The largest absolute Gasteiger partial charge is 0.463 e. The summed E-state index contributed by atoms with van der Waals surface area (Å²) in [4.78, 5) is 101. The quantitative estimate of drug-likeness (QED) is 0.0256. The van der Waals surface area contributed by atoms with Crippen molar-refractivity contribution < 1.29 is 130 Å². The first-order valence-electron chi connectivity index (χ1n) is 24.9. The molecule has 4 N–H and O–H groups in total. The van der Waals surface area contributed by atoms with Crippen molar-refractivity contribution in [2.45, 2.75) is 72.6 Å². The van der Waals surface area contributed by atoms with E-state index >= 15 is 0 Å². The highest BCUT2D eigenvalue weighted by molar-refractivity contribution is 5.95. The molecule has 0 bridgehead atoms. The van der Waals surface area contributed by atoms with Crippen molar-refractivity contribution in [3.8, 4) is 0 Å². The summed E-state index contributed by atoms with van der Waals surface area (Å²) in [5, 5.41) is 35.2. The minimum Gasteiger partial charge on any atom is -0.463 e. The lowest BCUT2D eigenvalue weighted by Crippen LogP contribution is -2.43. The van der Waals surface area contributed by atoms with Crippen LogP contribution in [-0.2, 0) is 109 Å². The van der Waals surface area contributed by atoms with Gasteiger partial charge in [-0.1, -0.05) is 6.58 Å². The standard InChI is InChI=1S/C29H44O16.C13H28O8.C4H4O2.C4H8O/c1-21(30)13-25(34)42-9-5-38-17-29(18-39-6-10-43-26(35)14-22(2)31,19-40-7-11-44-27(36)15-23(3)32)20-41-8-12-45-28(37)16-24(4)33;14-1-5-18-9-13(10-19-6-2-15,11-20-7-3-16)12-21-8-4-17;1-3-2-4(5)6-3;1-2-4-5-3-1/h5-20H2,1-4H3;14-17H,1-12H2;1-2H2;1-4H2. The van der Waals surface area contributed by atoms with Gasteiger partial charge < -0.3 is 86.7 Å². The third-order valence-corrected chi connectivity index (χ3v) is 9.17. The molecule has 0 saturated carbocycles. The fourth-order valence-corrected chi connectivity index (χ4v) is 5.77. The second-order valence-electron chi connectivity index (χ2n) is 17.2. The summed E-state index contributed by atoms with van der Waals surface area (Å²) in [6.45, 7) is 10.6. The summed E-state index contributed by atoms with van der Waals surface area (Å²) in [6, 6.07) is 0. The van der Waals surface area contributed by atoms with Crippen molar-refractivity contribution in [1.82, 2.24) is 0 Å². The second kappa shape index (κ2) is 49.5. The Morgan fingerprint density at radius 3 is 0.779 bits per heavy atom. The van der Waals surface area contributed by atoms with Gasteiger partial charge in [-0.05, 0) is 40.5 Å². The van der Waals surface area contributed by atoms with Gasteiger partial charge in [0, 0.05) is 13.2 Å². The van der Waals surface area contributed by atoms with Gasteiger partial charge in [-0.25, -0.2) is 0 Å². The Labute approximate surface area is 449 Å². The number of carbonyl (C=O) groups excluding carboxylic acids is 9. The minimum absolute atomic E-state index is 0.0562. The Morgan fingerprint density at radius 2 is 0.636 bits per heavy atom. The molecule has 0 amide bonds. The zero-order valence-electron chi connectivity index (χ0n) is 45.2. The number of hydrogen-bond donors (Lipinski definition) is 4. The van der Waals surface area contributed by atoms with E-state index in [1.807, 2.05) is 0 Å². The average Bonchev–Trinajstić information content (AvgIpc) is 3.94. The lowest BCUT2D eigenvalue weighted by Gasteiger charge is -2.33. The van der Waals surface area contributed by atoms with Crippen molar-refractivity contribution in [2.24, 2.45) is 10.8 Å². The van der Waals surface area contributed by atoms with Crippen LogP contribution in [0.4, 0.5) is 0 Å². The summed E-state index contributed by atoms with van der Waals surface area (Å²) in [5.74, 6) is -3.80. The molecule has 0 aromatic rings. The van der Waals surface area contributed by atoms with Gasteiger partial charge in [-0.2, -0.15) is 0 Å². The smallest absolute Gasteiger partial charge is 0.318 e. The zero-order chi connectivity index (χ0) is 58.0. The van der Waals surface area contributed by atoms with Crippen molar-refractivity contribution >= 4 is 53.0 Å². The van der Waals surface area contributed by atoms with Crippen LogP contribution in [0.25, 0.3) is 0 Å². The summed E-state index contributed by atoms with van der Waals surface area (Å²) >= 11 is 0. The van der Waals surface area contributed by atoms with E-state index in [0.29, 0.717) is 12.2 Å². The molecule has 2 heterocycles. The highest BCUT2D eigenvalue weighted by atomic mass is 16.6. The first-order chi connectivity index (χ1) is 36.8. The minimum atomic E-state index is -1.04. The summed E-state index contributed by atoms with van der Waals surface area (Å²) in [6.07, 6.45) is 1.49. The summed E-state index contributed by atoms with van der Waals surface area (Å²) in [5.41, 5.74) is -1.67. The molecule has 0 spiro atoms. The molecule has 2 fully saturated rings. The number of esters is 5. The lowest BCUT2D eigenvalue weighted by molar-refractivity contribution is -0.152. The van der Waals surface area contributed by atoms with E-state index in [0.717, 1.165) is 13.2 Å². The molecular formula is C50H84O27. The van der Waals surface area contributed by atoms with Gasteiger partial charge in [-0.3, -0.25) is 43.2 Å². The Morgan fingerprint density at radius 1 is 0.416 bits per heavy atom. The van der Waals surface area contributed by atoms with Crippen LogP contribution in [0.5, 0.6) is 0 Å². The number of rotatable bonds is 44. The van der Waals surface area contributed by atoms with E-state index in [9.17, 15) is 43.2 Å². The number of carbonyl (C=O) groups is 9. The molecule has 0 aromatic carbocycles. The SMILES string of the molecule is C1CCOC1.C=C1CC(=O)O1.CC(=O)CC(=O)OCCOCC(COCCOC(=O)CC(C)=O)(COCCOC(=O)CC(C)=O)COCCOC(=O)CC(C)=O.OCCOCC(COCCO)(COCCO)COCCO. The molecule has 2 aliphatic rings. The highest BCUT2D eigenvalue weighted by Crippen LogP contribution is 2.22. The normalized spacial score (nSPS) is 12.7. The fourth-order valence-electron chi connectivity index (χ4n) is 5.77. The van der Waals surface area contributed by atoms with E-state index in [-0.39, 0.29) is 213 Å². The molecule has 2 rings (SSSR count). The number of Topliss-reactive ketones (excluding diaryl/α,β-unsaturated/α-hetero) is 4. The topological polar surface area (TPSA) is 364 Å². The fraction of sp³-hybridized carbons (Fsp3) is 0.780. The highest BCUT2D eigenvalue weighted by Gasteiger charge is 2.34. The third kappa shape index (κ3) is 48.1. The molecule has 77 heavy (non-hydrogen) atoms. The van der Waals surface area contributed by atoms with Crippen LogP contribution in [0.3, 0.4) is 0 Å². The average molecular weight is 1120 g/mol. The number of ether oxygens (including phenoxy) is 14. The van der Waals surface area contributed by atoms with Gasteiger partial charge >= 0.3 is 29.8 Å². The summed E-state index contributed by atoms with van der Waals surface area (Å²) in [7, 11) is 0. The van der Waals surface area contributed by atoms with Crippen LogP contribution in [0.2, 0.25) is 0 Å². The van der Waals surface area contributed by atoms with Gasteiger partial charge in [0.25, 0.3) is 0 Å². The number of hydrogen-bond acceptors (Lipinski definition) is 27. The predicted octanol–water partition coefficient (Wildman–Crippen LogP) is -0.619. The van der Waals surface area contributed by atoms with Gasteiger partial charge in [-0.15, -0.1) is 0 Å². The van der Waals surface area contributed by atoms with Crippen molar-refractivity contribution in [3.05, 3.63) is 12.3 Å². The molecule has 0 radical (unpaired) electrons. The lowest BCUT2D eigenvalue weighted by atomic mass is 9.92. The number of cyclic esters (lactones) is 1. The predicted molar refractivity (Wildman–Crippen MR) is 265 cm³/mol. The maximum Gasteiger partial charge on any atom is 0.318 e. The van der Waals surface area contributed by atoms with Crippen molar-refractivity contribution in [3.63, 3.8) is 0 Å². The number of ketones is 4. The monoisotopic (exact) mass is 1120 g/mol. The van der Waals surface area contributed by atoms with Crippen LogP contribution >= 0.6 is 0 Å². The van der Waals surface area contributed by atoms with E-state index in [4.69, 9.17) is 82.0 Å². The van der Waals surface area contributed by atoms with Gasteiger partial charge in [0.2, 0.25) is 0 Å². The van der Waals surface area contributed by atoms with Gasteiger partial charge in [0.15, 0.2) is 0 Å². The Kier molecular flexibility index (Phi) is 47.8.